The van der Waals surface area contributed by atoms with Crippen molar-refractivity contribution in [2.75, 3.05) is 0 Å². The molecule has 2 fully saturated rings. The Labute approximate surface area is 170 Å². The SMILES string of the molecule is C=C(Cl)c1ccc(O)c2c1CC1CC3CC(=O)C(C(N)=O)C(=O)C3C(=O)C1C2=O. The van der Waals surface area contributed by atoms with E-state index in [2.05, 4.69) is 6.58 Å². The number of phenols is 1. The minimum absolute atomic E-state index is 0.0168. The van der Waals surface area contributed by atoms with E-state index < -0.39 is 58.6 Å². The summed E-state index contributed by atoms with van der Waals surface area (Å²) >= 11 is 6.05. The first-order chi connectivity index (χ1) is 13.6. The number of rotatable bonds is 2. The summed E-state index contributed by atoms with van der Waals surface area (Å²) in [5.74, 6) is -8.83. The van der Waals surface area contributed by atoms with Gasteiger partial charge in [-0.25, -0.2) is 0 Å². The fourth-order valence-electron chi connectivity index (χ4n) is 5.24. The monoisotopic (exact) mass is 415 g/mol. The van der Waals surface area contributed by atoms with E-state index in [1.54, 1.807) is 6.07 Å². The van der Waals surface area contributed by atoms with E-state index in [1.807, 2.05) is 0 Å². The quantitative estimate of drug-likeness (QED) is 0.702. The molecule has 0 aromatic heterocycles. The Morgan fingerprint density at radius 3 is 2.34 bits per heavy atom. The Balaban J connectivity index is 1.79. The molecule has 8 heteroatoms. The zero-order chi connectivity index (χ0) is 21.2. The van der Waals surface area contributed by atoms with Crippen LogP contribution in [-0.2, 0) is 25.6 Å². The lowest BCUT2D eigenvalue weighted by atomic mass is 9.56. The van der Waals surface area contributed by atoms with Gasteiger partial charge in [0.2, 0.25) is 5.91 Å². The first kappa shape index (κ1) is 19.5. The number of benzene rings is 1. The first-order valence-corrected chi connectivity index (χ1v) is 9.64. The third kappa shape index (κ3) is 2.75. The maximum absolute atomic E-state index is 13.2. The Morgan fingerprint density at radius 1 is 1.07 bits per heavy atom. The van der Waals surface area contributed by atoms with E-state index in [9.17, 15) is 29.1 Å². The first-order valence-electron chi connectivity index (χ1n) is 9.26. The van der Waals surface area contributed by atoms with Crippen LogP contribution < -0.4 is 5.73 Å². The van der Waals surface area contributed by atoms with Crippen molar-refractivity contribution in [1.82, 2.24) is 0 Å². The van der Waals surface area contributed by atoms with Gasteiger partial charge in [-0.15, -0.1) is 0 Å². The number of amides is 1. The third-order valence-corrected chi connectivity index (χ3v) is 6.60. The highest BCUT2D eigenvalue weighted by molar-refractivity contribution is 6.48. The Hall–Kier alpha value is -2.80. The summed E-state index contributed by atoms with van der Waals surface area (Å²) < 4.78 is 0. The molecule has 3 N–H and O–H groups in total. The zero-order valence-corrected chi connectivity index (χ0v) is 16.1. The van der Waals surface area contributed by atoms with Crippen molar-refractivity contribution in [2.24, 2.45) is 35.3 Å². The maximum Gasteiger partial charge on any atom is 0.235 e. The molecule has 0 radical (unpaired) electrons. The summed E-state index contributed by atoms with van der Waals surface area (Å²) in [5, 5.41) is 10.5. The van der Waals surface area contributed by atoms with Gasteiger partial charge in [-0.3, -0.25) is 24.0 Å². The molecule has 4 rings (SSSR count). The van der Waals surface area contributed by atoms with Gasteiger partial charge in [-0.05, 0) is 47.9 Å². The van der Waals surface area contributed by atoms with Gasteiger partial charge in [-0.1, -0.05) is 18.2 Å². The number of primary amides is 1. The summed E-state index contributed by atoms with van der Waals surface area (Å²) in [7, 11) is 0. The molecule has 5 atom stereocenters. The number of fused-ring (bicyclic) bond motifs is 3. The highest BCUT2D eigenvalue weighted by atomic mass is 35.5. The van der Waals surface area contributed by atoms with Crippen LogP contribution in [-0.4, -0.2) is 34.1 Å². The van der Waals surface area contributed by atoms with Gasteiger partial charge in [0.25, 0.3) is 0 Å². The molecular formula is C21H18ClNO6. The maximum atomic E-state index is 13.2. The lowest BCUT2D eigenvalue weighted by molar-refractivity contribution is -0.152. The van der Waals surface area contributed by atoms with Gasteiger partial charge in [-0.2, -0.15) is 0 Å². The van der Waals surface area contributed by atoms with Crippen LogP contribution in [0.4, 0.5) is 0 Å². The van der Waals surface area contributed by atoms with Crippen LogP contribution in [0.5, 0.6) is 5.75 Å². The summed E-state index contributed by atoms with van der Waals surface area (Å²) in [4.78, 5) is 62.9. The van der Waals surface area contributed by atoms with Gasteiger partial charge < -0.3 is 10.8 Å². The zero-order valence-electron chi connectivity index (χ0n) is 15.3. The molecule has 1 amide bonds. The smallest absolute Gasteiger partial charge is 0.235 e. The van der Waals surface area contributed by atoms with Crippen LogP contribution in [0, 0.1) is 29.6 Å². The van der Waals surface area contributed by atoms with Crippen molar-refractivity contribution in [2.45, 2.75) is 19.3 Å². The minimum Gasteiger partial charge on any atom is -0.507 e. The number of carbonyl (C=O) groups is 5. The highest BCUT2D eigenvalue weighted by Crippen LogP contribution is 2.49. The molecule has 2 saturated carbocycles. The van der Waals surface area contributed by atoms with E-state index in [-0.39, 0.29) is 29.2 Å². The number of hydrogen-bond donors (Lipinski definition) is 2. The summed E-state index contributed by atoms with van der Waals surface area (Å²) in [6.45, 7) is 3.69. The highest BCUT2D eigenvalue weighted by Gasteiger charge is 2.57. The number of hydrogen-bond acceptors (Lipinski definition) is 6. The molecular weight excluding hydrogens is 398 g/mol. The van der Waals surface area contributed by atoms with Crippen LogP contribution in [0.2, 0.25) is 0 Å². The molecule has 0 spiro atoms. The van der Waals surface area contributed by atoms with Gasteiger partial charge in [0.1, 0.15) is 5.75 Å². The van der Waals surface area contributed by atoms with E-state index in [1.165, 1.54) is 6.07 Å². The lowest BCUT2D eigenvalue weighted by Gasteiger charge is -2.44. The molecule has 0 aliphatic heterocycles. The van der Waals surface area contributed by atoms with E-state index in [0.717, 1.165) is 0 Å². The normalized spacial score (nSPS) is 31.0. The van der Waals surface area contributed by atoms with Crippen molar-refractivity contribution >= 4 is 45.7 Å². The standard InChI is InChI=1S/C21H18ClNO6/c1-7(22)10-2-3-12(24)16-11(10)5-8-4-9-6-13(25)17(21(23)29)20(28)15(9)18(26)14(8)19(16)27/h2-3,8-9,14-15,17,24H,1,4-6H2,(H2,23,29). The number of ketones is 4. The number of nitrogens with two attached hydrogens (primary N) is 1. The van der Waals surface area contributed by atoms with Crippen LogP contribution in [0.25, 0.3) is 5.03 Å². The Morgan fingerprint density at radius 2 is 1.72 bits per heavy atom. The predicted octanol–water partition coefficient (Wildman–Crippen LogP) is 1.42. The molecule has 0 bridgehead atoms. The van der Waals surface area contributed by atoms with Crippen molar-refractivity contribution in [3.05, 3.63) is 35.4 Å². The molecule has 150 valence electrons. The Kier molecular flexibility index (Phi) is 4.46. The van der Waals surface area contributed by atoms with E-state index in [0.29, 0.717) is 17.5 Å². The van der Waals surface area contributed by atoms with Crippen molar-refractivity contribution < 1.29 is 29.1 Å². The number of carbonyl (C=O) groups excluding carboxylic acids is 5. The number of Topliss-reactive ketones (excluding diaryl/α,β-unsaturated/α-hetero) is 4. The van der Waals surface area contributed by atoms with Gasteiger partial charge in [0.15, 0.2) is 29.1 Å². The van der Waals surface area contributed by atoms with E-state index >= 15 is 0 Å². The van der Waals surface area contributed by atoms with E-state index in [4.69, 9.17) is 17.3 Å². The Bertz CT molecular complexity index is 1030. The molecule has 1 aromatic carbocycles. The molecule has 5 unspecified atom stereocenters. The molecule has 3 aliphatic rings. The second kappa shape index (κ2) is 6.62. The fourth-order valence-corrected chi connectivity index (χ4v) is 5.42. The van der Waals surface area contributed by atoms with Crippen molar-refractivity contribution in [3.63, 3.8) is 0 Å². The van der Waals surface area contributed by atoms with Crippen LogP contribution in [0.15, 0.2) is 18.7 Å². The third-order valence-electron chi connectivity index (χ3n) is 6.40. The average Bonchev–Trinajstić information content (AvgIpc) is 2.60. The van der Waals surface area contributed by atoms with Gasteiger partial charge in [0.05, 0.1) is 17.4 Å². The molecule has 7 nitrogen and oxygen atoms in total. The largest absolute Gasteiger partial charge is 0.507 e. The number of phenolic OH excluding ortho intramolecular Hbond substituents is 1. The summed E-state index contributed by atoms with van der Waals surface area (Å²) in [5.41, 5.74) is 6.24. The van der Waals surface area contributed by atoms with Crippen LogP contribution in [0.1, 0.15) is 34.3 Å². The lowest BCUT2D eigenvalue weighted by Crippen LogP contribution is -2.56. The van der Waals surface area contributed by atoms with Crippen LogP contribution >= 0.6 is 11.6 Å². The van der Waals surface area contributed by atoms with Gasteiger partial charge in [0, 0.05) is 11.5 Å². The molecule has 0 heterocycles. The second-order valence-corrected chi connectivity index (χ2v) is 8.44. The molecule has 1 aromatic rings. The molecule has 0 saturated heterocycles. The van der Waals surface area contributed by atoms with Crippen molar-refractivity contribution in [1.29, 1.82) is 0 Å². The fraction of sp³-hybridized carbons (Fsp3) is 0.381. The van der Waals surface area contributed by atoms with Crippen molar-refractivity contribution in [3.8, 4) is 5.75 Å². The minimum atomic E-state index is -1.64. The number of halogens is 1. The van der Waals surface area contributed by atoms with Gasteiger partial charge >= 0.3 is 0 Å². The average molecular weight is 416 g/mol. The second-order valence-electron chi connectivity index (χ2n) is 7.98. The van der Waals surface area contributed by atoms with Crippen LogP contribution in [0.3, 0.4) is 0 Å². The molecule has 29 heavy (non-hydrogen) atoms. The number of aromatic hydroxyl groups is 1. The topological polar surface area (TPSA) is 132 Å². The molecule has 3 aliphatic carbocycles. The predicted molar refractivity (Wildman–Crippen MR) is 102 cm³/mol. The summed E-state index contributed by atoms with van der Waals surface area (Å²) in [6, 6.07) is 2.89. The summed E-state index contributed by atoms with van der Waals surface area (Å²) in [6.07, 6.45) is 0.492.